The van der Waals surface area contributed by atoms with Crippen LogP contribution in [0.1, 0.15) is 74.9 Å². The number of piperidine rings is 1. The number of nitrogens with one attached hydrogen (secondary N) is 3. The highest BCUT2D eigenvalue weighted by Gasteiger charge is 2.39. The van der Waals surface area contributed by atoms with E-state index in [-0.39, 0.29) is 30.0 Å². The highest BCUT2D eigenvalue weighted by atomic mass is 16.2. The first-order chi connectivity index (χ1) is 15.5. The lowest BCUT2D eigenvalue weighted by atomic mass is 9.97. The van der Waals surface area contributed by atoms with E-state index in [0.717, 1.165) is 11.1 Å². The smallest absolute Gasteiger partial charge is 0.255 e. The molecule has 9 heteroatoms. The average Bonchev–Trinajstić information content (AvgIpc) is 3.03. The predicted molar refractivity (Wildman–Crippen MR) is 121 cm³/mol. The van der Waals surface area contributed by atoms with E-state index >= 15 is 0 Å². The molecule has 1 aromatic carbocycles. The third kappa shape index (κ3) is 5.97. The van der Waals surface area contributed by atoms with Crippen molar-refractivity contribution in [3.05, 3.63) is 34.9 Å². The van der Waals surface area contributed by atoms with E-state index in [0.29, 0.717) is 37.8 Å². The zero-order valence-electron chi connectivity index (χ0n) is 19.6. The largest absolute Gasteiger partial charge is 0.350 e. The van der Waals surface area contributed by atoms with Gasteiger partial charge in [0.05, 0.1) is 0 Å². The standard InChI is InChI=1S/C24H32N4O5/c1-14(29)25-18(21(31)27-24(2,3)4)10-6-8-15-7-5-9-16-17(15)13-28(23(16)33)19-11-12-20(30)26-22(19)32/h5,7,9,18-19H,6,8,10-13H2,1-4H3,(H,25,29)(H,27,31)(H,26,30,32)/t18-,19?/m0/s1. The number of carbonyl (C=O) groups is 5. The number of hydrogen-bond donors (Lipinski definition) is 3. The quantitative estimate of drug-likeness (QED) is 0.532. The summed E-state index contributed by atoms with van der Waals surface area (Å²) in [7, 11) is 0. The van der Waals surface area contributed by atoms with Crippen LogP contribution in [0.15, 0.2) is 18.2 Å². The Morgan fingerprint density at radius 1 is 1.21 bits per heavy atom. The Kier molecular flexibility index (Phi) is 7.19. The second-order valence-electron chi connectivity index (χ2n) is 9.73. The van der Waals surface area contributed by atoms with Gasteiger partial charge in [0.2, 0.25) is 23.6 Å². The third-order valence-corrected chi connectivity index (χ3v) is 5.81. The summed E-state index contributed by atoms with van der Waals surface area (Å²) < 4.78 is 0. The first-order valence-electron chi connectivity index (χ1n) is 11.3. The summed E-state index contributed by atoms with van der Waals surface area (Å²) in [6.07, 6.45) is 2.24. The van der Waals surface area contributed by atoms with Gasteiger partial charge < -0.3 is 15.5 Å². The minimum absolute atomic E-state index is 0.206. The Morgan fingerprint density at radius 2 is 1.94 bits per heavy atom. The van der Waals surface area contributed by atoms with Gasteiger partial charge >= 0.3 is 0 Å². The van der Waals surface area contributed by atoms with Crippen molar-refractivity contribution in [3.8, 4) is 0 Å². The molecular formula is C24H32N4O5. The van der Waals surface area contributed by atoms with E-state index in [1.807, 2.05) is 32.9 Å². The zero-order chi connectivity index (χ0) is 24.3. The Morgan fingerprint density at radius 3 is 2.58 bits per heavy atom. The fourth-order valence-corrected chi connectivity index (χ4v) is 4.35. The summed E-state index contributed by atoms with van der Waals surface area (Å²) in [5.74, 6) is -1.45. The van der Waals surface area contributed by atoms with Crippen molar-refractivity contribution in [2.75, 3.05) is 0 Å². The summed E-state index contributed by atoms with van der Waals surface area (Å²) in [6.45, 7) is 7.35. The van der Waals surface area contributed by atoms with Crippen LogP contribution < -0.4 is 16.0 Å². The first-order valence-corrected chi connectivity index (χ1v) is 11.3. The molecule has 0 spiro atoms. The van der Waals surface area contributed by atoms with Crippen LogP contribution in [0.25, 0.3) is 0 Å². The fourth-order valence-electron chi connectivity index (χ4n) is 4.35. The van der Waals surface area contributed by atoms with Crippen LogP contribution in [0.2, 0.25) is 0 Å². The van der Waals surface area contributed by atoms with Crippen LogP contribution in [0.5, 0.6) is 0 Å². The fraction of sp³-hybridized carbons (Fsp3) is 0.542. The van der Waals surface area contributed by atoms with E-state index < -0.39 is 23.5 Å². The molecule has 1 fully saturated rings. The molecule has 2 aliphatic heterocycles. The highest BCUT2D eigenvalue weighted by molar-refractivity contribution is 6.05. The van der Waals surface area contributed by atoms with E-state index in [2.05, 4.69) is 16.0 Å². The normalized spacial score (nSPS) is 19.1. The predicted octanol–water partition coefficient (Wildman–Crippen LogP) is 1.19. The maximum Gasteiger partial charge on any atom is 0.255 e. The lowest BCUT2D eigenvalue weighted by Crippen LogP contribution is -2.52. The summed E-state index contributed by atoms with van der Waals surface area (Å²) in [5, 5.41) is 7.94. The molecule has 9 nitrogen and oxygen atoms in total. The molecule has 3 rings (SSSR count). The number of benzene rings is 1. The van der Waals surface area contributed by atoms with Crippen LogP contribution in [0.3, 0.4) is 0 Å². The number of carbonyl (C=O) groups excluding carboxylic acids is 5. The Labute approximate surface area is 193 Å². The molecule has 0 aromatic heterocycles. The van der Waals surface area contributed by atoms with Gasteiger partial charge in [-0.05, 0) is 63.6 Å². The minimum atomic E-state index is -0.652. The number of fused-ring (bicyclic) bond motifs is 1. The number of hydrogen-bond acceptors (Lipinski definition) is 5. The van der Waals surface area contributed by atoms with Gasteiger partial charge in [-0.1, -0.05) is 12.1 Å². The van der Waals surface area contributed by atoms with Crippen LogP contribution in [-0.4, -0.2) is 52.1 Å². The molecule has 1 saturated heterocycles. The van der Waals surface area contributed by atoms with Crippen molar-refractivity contribution in [2.45, 2.75) is 84.0 Å². The molecule has 0 saturated carbocycles. The van der Waals surface area contributed by atoms with Crippen LogP contribution >= 0.6 is 0 Å². The summed E-state index contributed by atoms with van der Waals surface area (Å²) in [4.78, 5) is 62.4. The van der Waals surface area contributed by atoms with Crippen molar-refractivity contribution in [3.63, 3.8) is 0 Å². The number of imide groups is 1. The molecule has 178 valence electrons. The second-order valence-corrected chi connectivity index (χ2v) is 9.73. The number of aryl methyl sites for hydroxylation is 1. The maximum absolute atomic E-state index is 13.0. The molecule has 0 radical (unpaired) electrons. The topological polar surface area (TPSA) is 125 Å². The van der Waals surface area contributed by atoms with Crippen LogP contribution in [0, 0.1) is 0 Å². The average molecular weight is 457 g/mol. The molecule has 2 heterocycles. The molecule has 3 N–H and O–H groups in total. The Bertz CT molecular complexity index is 982. The van der Waals surface area contributed by atoms with Gasteiger partial charge in [0.1, 0.15) is 12.1 Å². The van der Waals surface area contributed by atoms with Gasteiger partial charge in [-0.2, -0.15) is 0 Å². The summed E-state index contributed by atoms with van der Waals surface area (Å²) >= 11 is 0. The molecule has 0 bridgehead atoms. The Hall–Kier alpha value is -3.23. The molecule has 5 amide bonds. The van der Waals surface area contributed by atoms with Gasteiger partial charge in [0.15, 0.2) is 0 Å². The monoisotopic (exact) mass is 456 g/mol. The number of amides is 5. The third-order valence-electron chi connectivity index (χ3n) is 5.81. The van der Waals surface area contributed by atoms with Crippen LogP contribution in [0.4, 0.5) is 0 Å². The molecular weight excluding hydrogens is 424 g/mol. The molecule has 2 aliphatic rings. The summed E-state index contributed by atoms with van der Waals surface area (Å²) in [6, 6.07) is 4.23. The second kappa shape index (κ2) is 9.72. The molecule has 33 heavy (non-hydrogen) atoms. The van der Waals surface area contributed by atoms with Gasteiger partial charge in [0, 0.05) is 31.0 Å². The van der Waals surface area contributed by atoms with Gasteiger partial charge in [0.25, 0.3) is 5.91 Å². The van der Waals surface area contributed by atoms with E-state index in [9.17, 15) is 24.0 Å². The van der Waals surface area contributed by atoms with Gasteiger partial charge in [-0.3, -0.25) is 29.3 Å². The zero-order valence-corrected chi connectivity index (χ0v) is 19.6. The van der Waals surface area contributed by atoms with Crippen molar-refractivity contribution in [1.29, 1.82) is 0 Å². The molecule has 1 unspecified atom stereocenters. The van der Waals surface area contributed by atoms with Gasteiger partial charge in [-0.25, -0.2) is 0 Å². The van der Waals surface area contributed by atoms with Crippen molar-refractivity contribution in [1.82, 2.24) is 20.9 Å². The van der Waals surface area contributed by atoms with Crippen molar-refractivity contribution < 1.29 is 24.0 Å². The van der Waals surface area contributed by atoms with E-state index in [1.165, 1.54) is 11.8 Å². The van der Waals surface area contributed by atoms with Gasteiger partial charge in [-0.15, -0.1) is 0 Å². The van der Waals surface area contributed by atoms with Crippen molar-refractivity contribution >= 4 is 29.5 Å². The SMILES string of the molecule is CC(=O)N[C@@H](CCCc1cccc2c1CN(C1CCC(=O)NC1=O)C2=O)C(=O)NC(C)(C)C. The van der Waals surface area contributed by atoms with E-state index in [4.69, 9.17) is 0 Å². The number of nitrogens with zero attached hydrogens (tertiary/aromatic N) is 1. The van der Waals surface area contributed by atoms with Crippen LogP contribution in [-0.2, 0) is 32.1 Å². The van der Waals surface area contributed by atoms with Crippen molar-refractivity contribution in [2.24, 2.45) is 0 Å². The highest BCUT2D eigenvalue weighted by Crippen LogP contribution is 2.30. The van der Waals surface area contributed by atoms with E-state index in [1.54, 1.807) is 6.07 Å². The molecule has 2 atom stereocenters. The number of rotatable bonds is 7. The lowest BCUT2D eigenvalue weighted by molar-refractivity contribution is -0.137. The molecule has 0 aliphatic carbocycles. The lowest BCUT2D eigenvalue weighted by Gasteiger charge is -2.29. The first kappa shape index (κ1) is 24.4. The summed E-state index contributed by atoms with van der Waals surface area (Å²) in [5.41, 5.74) is 2.02. The maximum atomic E-state index is 13.0. The molecule has 1 aromatic rings. The minimum Gasteiger partial charge on any atom is -0.350 e. The Balaban J connectivity index is 1.67.